The first-order chi connectivity index (χ1) is 10.5. The summed E-state index contributed by atoms with van der Waals surface area (Å²) in [4.78, 5) is 22.4. The van der Waals surface area contributed by atoms with E-state index in [1.807, 2.05) is 6.92 Å². The molecule has 0 aliphatic carbocycles. The molecule has 116 valence electrons. The molecule has 2 aromatic rings. The van der Waals surface area contributed by atoms with Crippen molar-refractivity contribution in [3.8, 4) is 0 Å². The molecule has 0 aliphatic rings. The molecule has 0 unspecified atom stereocenters. The highest BCUT2D eigenvalue weighted by molar-refractivity contribution is 5.84. The molecule has 1 aromatic carbocycles. The van der Waals surface area contributed by atoms with Gasteiger partial charge in [0.15, 0.2) is 0 Å². The lowest BCUT2D eigenvalue weighted by atomic mass is 10.1. The Bertz CT molecular complexity index is 643. The fraction of sp³-hybridized carbons (Fsp3) is 0.294. The van der Waals surface area contributed by atoms with E-state index in [0.29, 0.717) is 12.2 Å². The van der Waals surface area contributed by atoms with Crippen LogP contribution >= 0.6 is 0 Å². The van der Waals surface area contributed by atoms with Gasteiger partial charge in [-0.15, -0.1) is 0 Å². The van der Waals surface area contributed by atoms with Crippen LogP contribution in [-0.4, -0.2) is 17.0 Å². The summed E-state index contributed by atoms with van der Waals surface area (Å²) >= 11 is 0. The molecule has 2 rings (SSSR count). The van der Waals surface area contributed by atoms with Crippen LogP contribution in [0.2, 0.25) is 0 Å². The maximum Gasteiger partial charge on any atom is 0.371 e. The first kappa shape index (κ1) is 15.8. The quantitative estimate of drug-likeness (QED) is 0.824. The molecule has 0 radical (unpaired) electrons. The number of carboxylic acid groups (broad SMARTS) is 1. The molecule has 5 heteroatoms. The molecular formula is C17H19NO4. The van der Waals surface area contributed by atoms with Crippen LogP contribution in [0.25, 0.3) is 0 Å². The van der Waals surface area contributed by atoms with Gasteiger partial charge in [-0.25, -0.2) is 4.79 Å². The van der Waals surface area contributed by atoms with Crippen molar-refractivity contribution in [2.24, 2.45) is 0 Å². The summed E-state index contributed by atoms with van der Waals surface area (Å²) in [7, 11) is 0. The summed E-state index contributed by atoms with van der Waals surface area (Å²) in [6.07, 6.45) is 2.06. The summed E-state index contributed by atoms with van der Waals surface area (Å²) < 4.78 is 5.07. The number of nitrogens with one attached hydrogen (secondary N) is 1. The number of carbonyl (C=O) groups is 2. The van der Waals surface area contributed by atoms with Crippen molar-refractivity contribution in [3.63, 3.8) is 0 Å². The Kier molecular flexibility index (Phi) is 5.36. The van der Waals surface area contributed by atoms with Crippen LogP contribution in [0, 0.1) is 6.92 Å². The van der Waals surface area contributed by atoms with Gasteiger partial charge in [0, 0.05) is 6.42 Å². The second-order valence-electron chi connectivity index (χ2n) is 5.19. The van der Waals surface area contributed by atoms with Crippen LogP contribution in [0.3, 0.4) is 0 Å². The average Bonchev–Trinajstić information content (AvgIpc) is 2.96. The first-order valence-electron chi connectivity index (χ1n) is 7.19. The van der Waals surface area contributed by atoms with Gasteiger partial charge in [-0.1, -0.05) is 29.8 Å². The predicted molar refractivity (Wildman–Crippen MR) is 81.6 cm³/mol. The molecule has 0 atom stereocenters. The molecule has 2 N–H and O–H groups in total. The van der Waals surface area contributed by atoms with E-state index < -0.39 is 5.97 Å². The van der Waals surface area contributed by atoms with E-state index in [1.54, 1.807) is 6.07 Å². The predicted octanol–water partition coefficient (Wildman–Crippen LogP) is 2.93. The number of aryl methyl sites for hydroxylation is 2. The maximum atomic E-state index is 11.7. The Morgan fingerprint density at radius 2 is 1.86 bits per heavy atom. The van der Waals surface area contributed by atoms with E-state index in [9.17, 15) is 9.59 Å². The number of rotatable bonds is 7. The monoisotopic (exact) mass is 301 g/mol. The van der Waals surface area contributed by atoms with E-state index in [4.69, 9.17) is 9.52 Å². The molecule has 22 heavy (non-hydrogen) atoms. The minimum Gasteiger partial charge on any atom is -0.475 e. The molecule has 0 bridgehead atoms. The minimum absolute atomic E-state index is 0.0691. The lowest BCUT2D eigenvalue weighted by Crippen LogP contribution is -2.22. The normalized spacial score (nSPS) is 10.4. The smallest absolute Gasteiger partial charge is 0.371 e. The van der Waals surface area contributed by atoms with Crippen molar-refractivity contribution in [1.82, 2.24) is 5.32 Å². The van der Waals surface area contributed by atoms with Crippen LogP contribution in [0.4, 0.5) is 0 Å². The Balaban J connectivity index is 1.69. The Labute approximate surface area is 129 Å². The molecule has 1 aromatic heterocycles. The van der Waals surface area contributed by atoms with Crippen molar-refractivity contribution < 1.29 is 19.1 Å². The molecule has 0 aliphatic heterocycles. The largest absolute Gasteiger partial charge is 0.475 e. The number of amides is 1. The molecular weight excluding hydrogens is 282 g/mol. The maximum absolute atomic E-state index is 11.7. The third-order valence-electron chi connectivity index (χ3n) is 3.32. The number of hydrogen-bond acceptors (Lipinski definition) is 3. The first-order valence-corrected chi connectivity index (χ1v) is 7.19. The van der Waals surface area contributed by atoms with Crippen LogP contribution in [-0.2, 0) is 17.8 Å². The lowest BCUT2D eigenvalue weighted by molar-refractivity contribution is -0.121. The van der Waals surface area contributed by atoms with Gasteiger partial charge < -0.3 is 14.8 Å². The highest BCUT2D eigenvalue weighted by atomic mass is 16.4. The number of carbonyl (C=O) groups excluding carboxylic acids is 1. The van der Waals surface area contributed by atoms with Crippen molar-refractivity contribution in [2.75, 3.05) is 0 Å². The molecule has 0 fully saturated rings. The average molecular weight is 301 g/mol. The van der Waals surface area contributed by atoms with Gasteiger partial charge in [-0.2, -0.15) is 0 Å². The standard InChI is InChI=1S/C17H19NO4/c1-12-5-7-13(8-6-12)3-2-4-16(19)18-11-14-9-10-15(22-14)17(20)21/h5-10H,2-4,11H2,1H3,(H,18,19)(H,20,21). The van der Waals surface area contributed by atoms with Gasteiger partial charge in [-0.3, -0.25) is 4.79 Å². The lowest BCUT2D eigenvalue weighted by Gasteiger charge is -2.04. The van der Waals surface area contributed by atoms with Gasteiger partial charge >= 0.3 is 5.97 Å². The summed E-state index contributed by atoms with van der Waals surface area (Å²) in [5.41, 5.74) is 2.44. The van der Waals surface area contributed by atoms with Crippen molar-refractivity contribution in [2.45, 2.75) is 32.7 Å². The Hall–Kier alpha value is -2.56. The van der Waals surface area contributed by atoms with Gasteiger partial charge in [0.05, 0.1) is 6.54 Å². The van der Waals surface area contributed by atoms with Crippen molar-refractivity contribution in [3.05, 3.63) is 59.0 Å². The van der Waals surface area contributed by atoms with E-state index in [1.165, 1.54) is 17.2 Å². The third-order valence-corrected chi connectivity index (χ3v) is 3.32. The summed E-state index contributed by atoms with van der Waals surface area (Å²) in [6.45, 7) is 2.25. The molecule has 0 spiro atoms. The summed E-state index contributed by atoms with van der Waals surface area (Å²) in [5.74, 6) is -0.871. The van der Waals surface area contributed by atoms with Crippen LogP contribution in [0.15, 0.2) is 40.8 Å². The summed E-state index contributed by atoms with van der Waals surface area (Å²) in [5, 5.41) is 11.5. The van der Waals surface area contributed by atoms with E-state index in [-0.39, 0.29) is 18.2 Å². The van der Waals surface area contributed by atoms with Crippen molar-refractivity contribution in [1.29, 1.82) is 0 Å². The zero-order valence-electron chi connectivity index (χ0n) is 12.5. The van der Waals surface area contributed by atoms with E-state index in [2.05, 4.69) is 29.6 Å². The van der Waals surface area contributed by atoms with Crippen LogP contribution in [0.1, 0.15) is 40.3 Å². The third kappa shape index (κ3) is 4.77. The highest BCUT2D eigenvalue weighted by Crippen LogP contribution is 2.09. The number of carboxylic acids is 1. The Morgan fingerprint density at radius 1 is 1.14 bits per heavy atom. The van der Waals surface area contributed by atoms with Crippen LogP contribution < -0.4 is 5.32 Å². The van der Waals surface area contributed by atoms with Crippen molar-refractivity contribution >= 4 is 11.9 Å². The van der Waals surface area contributed by atoms with Gasteiger partial charge in [-0.05, 0) is 37.5 Å². The topological polar surface area (TPSA) is 79.5 Å². The molecule has 1 heterocycles. The van der Waals surface area contributed by atoms with E-state index >= 15 is 0 Å². The molecule has 5 nitrogen and oxygen atoms in total. The fourth-order valence-electron chi connectivity index (χ4n) is 2.07. The zero-order chi connectivity index (χ0) is 15.9. The minimum atomic E-state index is -1.12. The zero-order valence-corrected chi connectivity index (χ0v) is 12.5. The fourth-order valence-corrected chi connectivity index (χ4v) is 2.07. The number of furan rings is 1. The molecule has 0 saturated carbocycles. The van der Waals surface area contributed by atoms with E-state index in [0.717, 1.165) is 12.8 Å². The molecule has 0 saturated heterocycles. The Morgan fingerprint density at radius 3 is 2.50 bits per heavy atom. The van der Waals surface area contributed by atoms with Gasteiger partial charge in [0.1, 0.15) is 5.76 Å². The van der Waals surface area contributed by atoms with Gasteiger partial charge in [0.2, 0.25) is 11.7 Å². The second kappa shape index (κ2) is 7.45. The second-order valence-corrected chi connectivity index (χ2v) is 5.19. The number of aromatic carboxylic acids is 1. The SMILES string of the molecule is Cc1ccc(CCCC(=O)NCc2ccc(C(=O)O)o2)cc1. The summed E-state index contributed by atoms with van der Waals surface area (Å²) in [6, 6.07) is 11.2. The van der Waals surface area contributed by atoms with Crippen LogP contribution in [0.5, 0.6) is 0 Å². The number of hydrogen-bond donors (Lipinski definition) is 2. The molecule has 1 amide bonds. The number of benzene rings is 1. The van der Waals surface area contributed by atoms with Gasteiger partial charge in [0.25, 0.3) is 0 Å². The highest BCUT2D eigenvalue weighted by Gasteiger charge is 2.09.